The number of hydrogen-bond donors (Lipinski definition) is 0. The third-order valence-corrected chi connectivity index (χ3v) is 6.01. The molecule has 1 aromatic heterocycles. The first-order chi connectivity index (χ1) is 14.3. The fourth-order valence-corrected chi connectivity index (χ4v) is 4.49. The smallest absolute Gasteiger partial charge is 0.225 e. The van der Waals surface area contributed by atoms with Gasteiger partial charge in [0.15, 0.2) is 11.0 Å². The predicted octanol–water partition coefficient (Wildman–Crippen LogP) is 6.82. The number of aryl methyl sites for hydroxylation is 2. The maximum Gasteiger partial charge on any atom is 0.295 e. The fraction of sp³-hybridized carbons (Fsp3) is 0.296. The lowest BCUT2D eigenvalue weighted by atomic mass is 9.92. The van der Waals surface area contributed by atoms with E-state index in [9.17, 15) is 4.39 Å². The number of rotatable bonds is 4. The largest absolute Gasteiger partial charge is 0.295 e. The zero-order chi connectivity index (χ0) is 21.6. The van der Waals surface area contributed by atoms with Crippen LogP contribution in [0.4, 0.5) is 4.39 Å². The van der Waals surface area contributed by atoms with Gasteiger partial charge in [-0.3, -0.25) is 0 Å². The second kappa shape index (κ2) is 7.71. The van der Waals surface area contributed by atoms with Gasteiger partial charge in [0.2, 0.25) is 0 Å². The van der Waals surface area contributed by atoms with Crippen molar-refractivity contribution in [2.45, 2.75) is 46.5 Å². The Morgan fingerprint density at radius 3 is 2.07 bits per heavy atom. The van der Waals surface area contributed by atoms with Crippen LogP contribution in [0.3, 0.4) is 0 Å². The Bertz CT molecular complexity index is 1210. The second-order valence-electron chi connectivity index (χ2n) is 8.76. The van der Waals surface area contributed by atoms with Gasteiger partial charge in [-0.05, 0) is 54.7 Å². The molecule has 154 valence electrons. The molecule has 0 bridgehead atoms. The normalized spacial score (nSPS) is 11.8. The molecule has 0 atom stereocenters. The van der Waals surface area contributed by atoms with Crippen LogP contribution in [-0.2, 0) is 7.05 Å². The van der Waals surface area contributed by atoms with Crippen LogP contribution in [0.25, 0.3) is 28.1 Å². The number of benzene rings is 3. The van der Waals surface area contributed by atoms with Gasteiger partial charge in [0.25, 0.3) is 5.82 Å². The molecule has 0 unspecified atom stereocenters. The van der Waals surface area contributed by atoms with Crippen molar-refractivity contribution in [2.24, 2.45) is 7.05 Å². The molecule has 1 heterocycles. The Hall–Kier alpha value is -2.94. The van der Waals surface area contributed by atoms with E-state index >= 15 is 0 Å². The van der Waals surface area contributed by atoms with E-state index in [4.69, 9.17) is 0 Å². The maximum absolute atomic E-state index is 13.9. The summed E-state index contributed by atoms with van der Waals surface area (Å²) in [6.45, 7) is 11.0. The molecule has 0 N–H and O–H groups in total. The van der Waals surface area contributed by atoms with E-state index in [1.165, 1.54) is 16.8 Å². The number of halogens is 1. The van der Waals surface area contributed by atoms with Crippen LogP contribution < -0.4 is 4.57 Å². The van der Waals surface area contributed by atoms with Gasteiger partial charge in [0, 0.05) is 11.1 Å². The summed E-state index contributed by atoms with van der Waals surface area (Å²) in [6, 6.07) is 20.2. The van der Waals surface area contributed by atoms with Crippen molar-refractivity contribution in [3.63, 3.8) is 0 Å². The molecule has 4 rings (SSSR count). The highest BCUT2D eigenvalue weighted by molar-refractivity contribution is 5.80. The molecule has 0 aliphatic carbocycles. The molecular formula is C27H30FN2+. The van der Waals surface area contributed by atoms with Gasteiger partial charge in [0.1, 0.15) is 11.5 Å². The van der Waals surface area contributed by atoms with Crippen molar-refractivity contribution in [3.8, 4) is 17.1 Å². The van der Waals surface area contributed by atoms with Gasteiger partial charge in [-0.1, -0.05) is 58.0 Å². The number of hydrogen-bond acceptors (Lipinski definition) is 0. The minimum absolute atomic E-state index is 0.202. The van der Waals surface area contributed by atoms with Gasteiger partial charge in [0.05, 0.1) is 12.6 Å². The van der Waals surface area contributed by atoms with E-state index in [2.05, 4.69) is 86.3 Å². The predicted molar refractivity (Wildman–Crippen MR) is 123 cm³/mol. The van der Waals surface area contributed by atoms with Gasteiger partial charge in [-0.25, -0.2) is 8.96 Å². The Morgan fingerprint density at radius 1 is 0.833 bits per heavy atom. The summed E-state index contributed by atoms with van der Waals surface area (Å²) in [5, 5.41) is 0. The third kappa shape index (κ3) is 3.23. The molecule has 0 radical (unpaired) electrons. The highest BCUT2D eigenvalue weighted by Crippen LogP contribution is 2.37. The number of fused-ring (bicyclic) bond motifs is 1. The lowest BCUT2D eigenvalue weighted by molar-refractivity contribution is -0.633. The topological polar surface area (TPSA) is 8.81 Å². The summed E-state index contributed by atoms with van der Waals surface area (Å²) >= 11 is 0. The molecule has 0 aliphatic heterocycles. The van der Waals surface area contributed by atoms with Crippen molar-refractivity contribution in [3.05, 3.63) is 83.2 Å². The molecule has 0 fully saturated rings. The first kappa shape index (κ1) is 20.3. The SMILES string of the molecule is Cc1cc(F)ccc1-c1n(-c2c(C(C)C)cccc2C(C)C)c2ccccc2[n+]1C. The van der Waals surface area contributed by atoms with Crippen molar-refractivity contribution in [1.29, 1.82) is 0 Å². The van der Waals surface area contributed by atoms with Crippen LogP contribution in [0.2, 0.25) is 0 Å². The molecule has 0 spiro atoms. The van der Waals surface area contributed by atoms with Crippen LogP contribution in [0.5, 0.6) is 0 Å². The molecule has 0 aliphatic rings. The lowest BCUT2D eigenvalue weighted by Gasteiger charge is -2.18. The van der Waals surface area contributed by atoms with Crippen molar-refractivity contribution >= 4 is 11.0 Å². The summed E-state index contributed by atoms with van der Waals surface area (Å²) in [5.74, 6) is 1.63. The summed E-state index contributed by atoms with van der Waals surface area (Å²) in [6.07, 6.45) is 0. The lowest BCUT2D eigenvalue weighted by Crippen LogP contribution is -2.30. The molecule has 3 aromatic carbocycles. The number of para-hydroxylation sites is 3. The average Bonchev–Trinajstić information content (AvgIpc) is 3.00. The standard InChI is InChI=1S/C27H30FN2/c1-17(2)21-10-9-11-22(18(3)4)26(21)30-25-13-8-7-12-24(25)29(6)27(30)23-15-14-20(28)16-19(23)5/h7-18H,1-6H3/q+1. The minimum atomic E-state index is -0.202. The van der Waals surface area contributed by atoms with Crippen LogP contribution >= 0.6 is 0 Å². The van der Waals surface area contributed by atoms with E-state index in [1.807, 2.05) is 13.0 Å². The fourth-order valence-electron chi connectivity index (χ4n) is 4.49. The van der Waals surface area contributed by atoms with E-state index in [1.54, 1.807) is 12.1 Å². The molecular weight excluding hydrogens is 371 g/mol. The van der Waals surface area contributed by atoms with Crippen LogP contribution in [-0.4, -0.2) is 4.57 Å². The van der Waals surface area contributed by atoms with Gasteiger partial charge >= 0.3 is 0 Å². The Balaban J connectivity index is 2.21. The first-order valence-corrected chi connectivity index (χ1v) is 10.7. The van der Waals surface area contributed by atoms with Crippen molar-refractivity contribution in [1.82, 2.24) is 4.57 Å². The van der Waals surface area contributed by atoms with E-state index in [-0.39, 0.29) is 5.82 Å². The number of imidazole rings is 1. The maximum atomic E-state index is 13.9. The van der Waals surface area contributed by atoms with Crippen LogP contribution in [0, 0.1) is 12.7 Å². The first-order valence-electron chi connectivity index (χ1n) is 10.7. The van der Waals surface area contributed by atoms with Gasteiger partial charge in [-0.15, -0.1) is 0 Å². The molecule has 0 amide bonds. The summed E-state index contributed by atoms with van der Waals surface area (Å²) in [5.41, 5.74) is 8.19. The van der Waals surface area contributed by atoms with E-state index in [0.717, 1.165) is 28.0 Å². The summed E-state index contributed by atoms with van der Waals surface area (Å²) in [4.78, 5) is 0. The third-order valence-electron chi connectivity index (χ3n) is 6.01. The quantitative estimate of drug-likeness (QED) is 0.332. The Kier molecular flexibility index (Phi) is 5.23. The molecule has 0 saturated carbocycles. The van der Waals surface area contributed by atoms with E-state index < -0.39 is 0 Å². The zero-order valence-corrected chi connectivity index (χ0v) is 18.7. The number of nitrogens with zero attached hydrogens (tertiary/aromatic N) is 2. The number of aromatic nitrogens is 2. The molecule has 3 heteroatoms. The van der Waals surface area contributed by atoms with Crippen LogP contribution in [0.15, 0.2) is 60.7 Å². The summed E-state index contributed by atoms with van der Waals surface area (Å²) in [7, 11) is 2.10. The van der Waals surface area contributed by atoms with Gasteiger partial charge < -0.3 is 0 Å². The Morgan fingerprint density at radius 2 is 1.47 bits per heavy atom. The van der Waals surface area contributed by atoms with Gasteiger partial charge in [-0.2, -0.15) is 4.57 Å². The molecule has 30 heavy (non-hydrogen) atoms. The molecule has 0 saturated heterocycles. The second-order valence-corrected chi connectivity index (χ2v) is 8.76. The summed E-state index contributed by atoms with van der Waals surface area (Å²) < 4.78 is 18.5. The monoisotopic (exact) mass is 401 g/mol. The minimum Gasteiger partial charge on any atom is -0.225 e. The average molecular weight is 402 g/mol. The highest BCUT2D eigenvalue weighted by Gasteiger charge is 2.31. The molecule has 4 aromatic rings. The van der Waals surface area contributed by atoms with Crippen LogP contribution in [0.1, 0.15) is 56.2 Å². The molecule has 2 nitrogen and oxygen atoms in total. The highest BCUT2D eigenvalue weighted by atomic mass is 19.1. The van der Waals surface area contributed by atoms with E-state index in [0.29, 0.717) is 11.8 Å². The van der Waals surface area contributed by atoms with Crippen molar-refractivity contribution < 1.29 is 8.96 Å². The van der Waals surface area contributed by atoms with Crippen molar-refractivity contribution in [2.75, 3.05) is 0 Å². The zero-order valence-electron chi connectivity index (χ0n) is 18.7. The Labute approximate surface area is 178 Å².